The molecule has 106 valence electrons. The van der Waals surface area contributed by atoms with Gasteiger partial charge in [-0.3, -0.25) is 5.43 Å². The van der Waals surface area contributed by atoms with Crippen molar-refractivity contribution in [3.05, 3.63) is 29.8 Å². The topological polar surface area (TPSA) is 62.8 Å². The lowest BCUT2D eigenvalue weighted by atomic mass is 9.91. The molecule has 1 aliphatic heterocycles. The third-order valence-corrected chi connectivity index (χ3v) is 3.58. The number of nitrogens with one attached hydrogen (secondary N) is 2. The third-order valence-electron chi connectivity index (χ3n) is 3.58. The fraction of sp³-hybridized carbons (Fsp3) is 0.571. The van der Waals surface area contributed by atoms with E-state index in [0.717, 1.165) is 5.75 Å². The molecule has 0 bridgehead atoms. The molecular weight excluding hydrogens is 244 g/mol. The van der Waals surface area contributed by atoms with Crippen molar-refractivity contribution in [3.63, 3.8) is 0 Å². The molecule has 1 aliphatic rings. The van der Waals surface area contributed by atoms with Gasteiger partial charge in [0.05, 0.1) is 19.3 Å². The van der Waals surface area contributed by atoms with E-state index in [1.165, 1.54) is 5.56 Å². The highest BCUT2D eigenvalue weighted by Gasteiger charge is 2.32. The smallest absolute Gasteiger partial charge is 0.119 e. The third kappa shape index (κ3) is 3.45. The summed E-state index contributed by atoms with van der Waals surface area (Å²) in [5.41, 5.74) is 7.53. The minimum atomic E-state index is 0.0997. The van der Waals surface area contributed by atoms with Crippen molar-refractivity contribution in [2.24, 2.45) is 5.92 Å². The zero-order valence-corrected chi connectivity index (χ0v) is 11.4. The summed E-state index contributed by atoms with van der Waals surface area (Å²) in [4.78, 5) is 0. The van der Waals surface area contributed by atoms with Crippen LogP contribution < -0.4 is 15.6 Å². The Kier molecular flexibility index (Phi) is 5.15. The number of ether oxygens (including phenoxy) is 2. The number of aliphatic hydroxyl groups excluding tert-OH is 1. The Morgan fingerprint density at radius 1 is 1.16 bits per heavy atom. The first-order valence-electron chi connectivity index (χ1n) is 6.60. The van der Waals surface area contributed by atoms with Gasteiger partial charge in [-0.25, -0.2) is 5.43 Å². The van der Waals surface area contributed by atoms with Crippen molar-refractivity contribution in [2.75, 3.05) is 26.9 Å². The van der Waals surface area contributed by atoms with Gasteiger partial charge in [-0.05, 0) is 23.6 Å². The van der Waals surface area contributed by atoms with Gasteiger partial charge in [0.1, 0.15) is 12.4 Å². The molecule has 19 heavy (non-hydrogen) atoms. The van der Waals surface area contributed by atoms with Crippen molar-refractivity contribution in [1.29, 1.82) is 0 Å². The summed E-state index contributed by atoms with van der Waals surface area (Å²) in [5, 5.41) is 9.23. The molecule has 0 saturated carbocycles. The van der Waals surface area contributed by atoms with E-state index in [4.69, 9.17) is 9.47 Å². The van der Waals surface area contributed by atoms with Crippen molar-refractivity contribution >= 4 is 0 Å². The number of hydrogen-bond acceptors (Lipinski definition) is 5. The first-order valence-corrected chi connectivity index (χ1v) is 6.60. The molecule has 0 aliphatic carbocycles. The highest BCUT2D eigenvalue weighted by molar-refractivity contribution is 5.30. The molecule has 0 radical (unpaired) electrons. The zero-order chi connectivity index (χ0) is 13.7. The SMILES string of the molecule is COCCOc1ccc(C2NNC(CO)C2C)cc1. The van der Waals surface area contributed by atoms with Crippen LogP contribution in [-0.2, 0) is 4.74 Å². The molecule has 0 aromatic heterocycles. The molecule has 1 aromatic rings. The number of benzene rings is 1. The molecule has 1 fully saturated rings. The molecule has 5 heteroatoms. The van der Waals surface area contributed by atoms with Crippen LogP contribution in [0.2, 0.25) is 0 Å². The molecule has 1 saturated heterocycles. The van der Waals surface area contributed by atoms with Gasteiger partial charge in [-0.15, -0.1) is 0 Å². The van der Waals surface area contributed by atoms with Crippen LogP contribution in [-0.4, -0.2) is 38.1 Å². The van der Waals surface area contributed by atoms with E-state index in [0.29, 0.717) is 19.1 Å². The van der Waals surface area contributed by atoms with Gasteiger partial charge in [-0.2, -0.15) is 0 Å². The maximum absolute atomic E-state index is 9.23. The Bertz CT molecular complexity index is 383. The molecule has 3 N–H and O–H groups in total. The molecule has 3 atom stereocenters. The van der Waals surface area contributed by atoms with Crippen LogP contribution in [0.3, 0.4) is 0 Å². The normalized spacial score (nSPS) is 26.6. The Morgan fingerprint density at radius 3 is 2.47 bits per heavy atom. The summed E-state index contributed by atoms with van der Waals surface area (Å²) in [6.07, 6.45) is 0. The van der Waals surface area contributed by atoms with Gasteiger partial charge >= 0.3 is 0 Å². The van der Waals surface area contributed by atoms with Gasteiger partial charge in [0.2, 0.25) is 0 Å². The van der Waals surface area contributed by atoms with E-state index >= 15 is 0 Å². The van der Waals surface area contributed by atoms with Crippen LogP contribution in [0.25, 0.3) is 0 Å². The second-order valence-electron chi connectivity index (χ2n) is 4.82. The Hall–Kier alpha value is -1.14. The monoisotopic (exact) mass is 266 g/mol. The summed E-state index contributed by atoms with van der Waals surface area (Å²) >= 11 is 0. The van der Waals surface area contributed by atoms with Gasteiger partial charge in [0, 0.05) is 13.2 Å². The van der Waals surface area contributed by atoms with Gasteiger partial charge < -0.3 is 14.6 Å². The summed E-state index contributed by atoms with van der Waals surface area (Å²) in [6, 6.07) is 8.35. The van der Waals surface area contributed by atoms with E-state index in [1.807, 2.05) is 12.1 Å². The Labute approximate surface area is 113 Å². The molecule has 3 unspecified atom stereocenters. The molecule has 5 nitrogen and oxygen atoms in total. The second kappa shape index (κ2) is 6.86. The maximum atomic E-state index is 9.23. The van der Waals surface area contributed by atoms with Crippen LogP contribution in [0.1, 0.15) is 18.5 Å². The summed E-state index contributed by atoms with van der Waals surface area (Å²) < 4.78 is 10.5. The van der Waals surface area contributed by atoms with Crippen molar-refractivity contribution < 1.29 is 14.6 Å². The van der Waals surface area contributed by atoms with E-state index in [9.17, 15) is 5.11 Å². The van der Waals surface area contributed by atoms with Crippen LogP contribution in [0.5, 0.6) is 5.75 Å². The highest BCUT2D eigenvalue weighted by Crippen LogP contribution is 2.29. The molecule has 0 spiro atoms. The first-order chi connectivity index (χ1) is 9.26. The van der Waals surface area contributed by atoms with Crippen LogP contribution in [0.4, 0.5) is 0 Å². The van der Waals surface area contributed by atoms with Gasteiger partial charge in [0.25, 0.3) is 0 Å². The number of hydrogen-bond donors (Lipinski definition) is 3. The standard InChI is InChI=1S/C14H22N2O3/c1-10-13(9-17)15-16-14(10)11-3-5-12(6-4-11)19-8-7-18-2/h3-6,10,13-17H,7-9H2,1-2H3. The highest BCUT2D eigenvalue weighted by atomic mass is 16.5. The van der Waals surface area contributed by atoms with E-state index in [2.05, 4.69) is 29.9 Å². The molecule has 1 aromatic carbocycles. The lowest BCUT2D eigenvalue weighted by Crippen LogP contribution is -2.34. The summed E-state index contributed by atoms with van der Waals surface area (Å²) in [5.74, 6) is 1.18. The minimum absolute atomic E-state index is 0.0997. The van der Waals surface area contributed by atoms with Crippen molar-refractivity contribution in [2.45, 2.75) is 19.0 Å². The number of rotatable bonds is 6. The van der Waals surface area contributed by atoms with Crippen LogP contribution in [0.15, 0.2) is 24.3 Å². The zero-order valence-electron chi connectivity index (χ0n) is 11.4. The van der Waals surface area contributed by atoms with E-state index in [-0.39, 0.29) is 18.7 Å². The molecular formula is C14H22N2O3. The van der Waals surface area contributed by atoms with E-state index < -0.39 is 0 Å². The minimum Gasteiger partial charge on any atom is -0.491 e. The van der Waals surface area contributed by atoms with Crippen molar-refractivity contribution in [1.82, 2.24) is 10.9 Å². The molecule has 1 heterocycles. The van der Waals surface area contributed by atoms with Crippen LogP contribution >= 0.6 is 0 Å². The Morgan fingerprint density at radius 2 is 1.89 bits per heavy atom. The number of aliphatic hydroxyl groups is 1. The van der Waals surface area contributed by atoms with Gasteiger partial charge in [0.15, 0.2) is 0 Å². The fourth-order valence-corrected chi connectivity index (χ4v) is 2.31. The maximum Gasteiger partial charge on any atom is 0.119 e. The molecule has 2 rings (SSSR count). The molecule has 0 amide bonds. The summed E-state index contributed by atoms with van der Waals surface area (Å²) in [7, 11) is 1.66. The van der Waals surface area contributed by atoms with Crippen molar-refractivity contribution in [3.8, 4) is 5.75 Å². The average molecular weight is 266 g/mol. The predicted molar refractivity (Wildman–Crippen MR) is 72.9 cm³/mol. The lowest BCUT2D eigenvalue weighted by Gasteiger charge is -2.17. The fourth-order valence-electron chi connectivity index (χ4n) is 2.31. The summed E-state index contributed by atoms with van der Waals surface area (Å²) in [6.45, 7) is 3.41. The number of hydrazine groups is 1. The quantitative estimate of drug-likeness (QED) is 0.667. The predicted octanol–water partition coefficient (Wildman–Crippen LogP) is 0.858. The van der Waals surface area contributed by atoms with E-state index in [1.54, 1.807) is 7.11 Å². The first kappa shape index (κ1) is 14.3. The lowest BCUT2D eigenvalue weighted by molar-refractivity contribution is 0.146. The Balaban J connectivity index is 1.95. The average Bonchev–Trinajstić information content (AvgIpc) is 2.81. The van der Waals surface area contributed by atoms with Crippen LogP contribution in [0, 0.1) is 5.92 Å². The van der Waals surface area contributed by atoms with Gasteiger partial charge in [-0.1, -0.05) is 19.1 Å². The number of methoxy groups -OCH3 is 1. The largest absolute Gasteiger partial charge is 0.491 e. The second-order valence-corrected chi connectivity index (χ2v) is 4.82.